The van der Waals surface area contributed by atoms with Crippen LogP contribution in [0.5, 0.6) is 11.5 Å². The molecule has 192 valence electrons. The highest BCUT2D eigenvalue weighted by molar-refractivity contribution is 5.67. The molecule has 7 nitrogen and oxygen atoms in total. The Morgan fingerprint density at radius 1 is 0.861 bits per heavy atom. The van der Waals surface area contributed by atoms with Crippen LogP contribution in [0, 0.1) is 0 Å². The van der Waals surface area contributed by atoms with E-state index in [1.54, 1.807) is 7.11 Å². The van der Waals surface area contributed by atoms with Crippen molar-refractivity contribution in [3.63, 3.8) is 0 Å². The topological polar surface area (TPSA) is 63.3 Å². The molecule has 0 saturated carbocycles. The average Bonchev–Trinajstić information content (AvgIpc) is 2.86. The lowest BCUT2D eigenvalue weighted by Crippen LogP contribution is -2.33. The van der Waals surface area contributed by atoms with E-state index < -0.39 is 12.2 Å². The average molecular weight is 492 g/mol. The minimum absolute atomic E-state index is 0.230. The van der Waals surface area contributed by atoms with Crippen LogP contribution in [0.3, 0.4) is 0 Å². The van der Waals surface area contributed by atoms with E-state index in [2.05, 4.69) is 16.3 Å². The lowest BCUT2D eigenvalue weighted by atomic mass is 10.1. The summed E-state index contributed by atoms with van der Waals surface area (Å²) < 4.78 is 17.2. The van der Waals surface area contributed by atoms with Crippen molar-refractivity contribution >= 4 is 11.8 Å². The Labute approximate surface area is 214 Å². The second kappa shape index (κ2) is 13.4. The van der Waals surface area contributed by atoms with Gasteiger partial charge in [0.1, 0.15) is 24.2 Å². The Balaban J connectivity index is 1.63. The lowest BCUT2D eigenvalue weighted by molar-refractivity contribution is 0.0649. The van der Waals surface area contributed by atoms with Gasteiger partial charge in [-0.1, -0.05) is 36.4 Å². The normalized spacial score (nSPS) is 11.6. The van der Waals surface area contributed by atoms with Gasteiger partial charge in [0.15, 0.2) is 0 Å². The third-order valence-corrected chi connectivity index (χ3v) is 5.59. The highest BCUT2D eigenvalue weighted by Crippen LogP contribution is 2.18. The first-order valence-electron chi connectivity index (χ1n) is 12.0. The van der Waals surface area contributed by atoms with Gasteiger partial charge in [-0.05, 0) is 67.2 Å². The van der Waals surface area contributed by atoms with Crippen molar-refractivity contribution in [2.24, 2.45) is 0 Å². The van der Waals surface area contributed by atoms with Gasteiger partial charge in [0.2, 0.25) is 0 Å². The minimum Gasteiger partial charge on any atom is -0.497 e. The fourth-order valence-electron chi connectivity index (χ4n) is 3.76. The Hall–Kier alpha value is -3.71. The largest absolute Gasteiger partial charge is 0.497 e. The molecule has 1 N–H and O–H groups in total. The SMILES string of the molecule is COc1cccc(CC(COc2cccc(CN(C)C)c2)OC(=O)NCc2ccc(N(C)C)cc2)c1. The van der Waals surface area contributed by atoms with Crippen molar-refractivity contribution in [3.05, 3.63) is 89.5 Å². The first kappa shape index (κ1) is 26.9. The predicted molar refractivity (Wildman–Crippen MR) is 144 cm³/mol. The number of amides is 1. The van der Waals surface area contributed by atoms with Crippen LogP contribution in [0.25, 0.3) is 0 Å². The summed E-state index contributed by atoms with van der Waals surface area (Å²) in [6.07, 6.45) is -0.463. The van der Waals surface area contributed by atoms with Gasteiger partial charge >= 0.3 is 6.09 Å². The molecule has 36 heavy (non-hydrogen) atoms. The lowest BCUT2D eigenvalue weighted by Gasteiger charge is -2.20. The van der Waals surface area contributed by atoms with E-state index in [-0.39, 0.29) is 6.61 Å². The number of methoxy groups -OCH3 is 1. The maximum Gasteiger partial charge on any atom is 0.407 e. The molecule has 0 bridgehead atoms. The second-order valence-corrected chi connectivity index (χ2v) is 9.19. The van der Waals surface area contributed by atoms with Crippen molar-refractivity contribution in [1.29, 1.82) is 0 Å². The fourth-order valence-corrected chi connectivity index (χ4v) is 3.76. The summed E-state index contributed by atoms with van der Waals surface area (Å²) in [6, 6.07) is 23.7. The van der Waals surface area contributed by atoms with E-state index in [1.807, 2.05) is 99.8 Å². The minimum atomic E-state index is -0.482. The standard InChI is InChI=1S/C29H37N3O4/c1-31(2)20-24-9-7-11-27(18-24)35-21-28(17-23-8-6-10-26(16-23)34-5)36-29(33)30-19-22-12-14-25(15-13-22)32(3)4/h6-16,18,28H,17,19-21H2,1-5H3,(H,30,33). The molecule has 7 heteroatoms. The number of carbonyl (C=O) groups is 1. The molecular weight excluding hydrogens is 454 g/mol. The fraction of sp³-hybridized carbons (Fsp3) is 0.345. The van der Waals surface area contributed by atoms with Gasteiger partial charge in [-0.15, -0.1) is 0 Å². The summed E-state index contributed by atoms with van der Waals surface area (Å²) in [5, 5.41) is 2.85. The van der Waals surface area contributed by atoms with E-state index in [4.69, 9.17) is 14.2 Å². The van der Waals surface area contributed by atoms with Crippen LogP contribution in [-0.2, 0) is 24.2 Å². The van der Waals surface area contributed by atoms with Crippen molar-refractivity contribution in [2.75, 3.05) is 46.8 Å². The summed E-state index contributed by atoms with van der Waals surface area (Å²) in [5.41, 5.74) is 4.25. The van der Waals surface area contributed by atoms with Crippen molar-refractivity contribution < 1.29 is 19.0 Å². The van der Waals surface area contributed by atoms with Crippen LogP contribution in [0.15, 0.2) is 72.8 Å². The molecule has 1 unspecified atom stereocenters. The second-order valence-electron chi connectivity index (χ2n) is 9.19. The van der Waals surface area contributed by atoms with Gasteiger partial charge in [0.05, 0.1) is 7.11 Å². The summed E-state index contributed by atoms with van der Waals surface area (Å²) in [5.74, 6) is 1.50. The van der Waals surface area contributed by atoms with Gasteiger partial charge in [0.25, 0.3) is 0 Å². The number of hydrogen-bond acceptors (Lipinski definition) is 6. The zero-order valence-corrected chi connectivity index (χ0v) is 21.9. The monoisotopic (exact) mass is 491 g/mol. The molecule has 0 saturated heterocycles. The molecule has 0 aliphatic carbocycles. The van der Waals surface area contributed by atoms with E-state index >= 15 is 0 Å². The van der Waals surface area contributed by atoms with Crippen LogP contribution in [0.4, 0.5) is 10.5 Å². The van der Waals surface area contributed by atoms with Gasteiger partial charge in [-0.3, -0.25) is 0 Å². The Kier molecular flexibility index (Phi) is 10.0. The quantitative estimate of drug-likeness (QED) is 0.395. The van der Waals surface area contributed by atoms with Gasteiger partial charge in [-0.2, -0.15) is 0 Å². The summed E-state index contributed by atoms with van der Waals surface area (Å²) >= 11 is 0. The van der Waals surface area contributed by atoms with Crippen LogP contribution in [0.1, 0.15) is 16.7 Å². The summed E-state index contributed by atoms with van der Waals surface area (Å²) in [7, 11) is 9.68. The first-order valence-corrected chi connectivity index (χ1v) is 12.0. The van der Waals surface area contributed by atoms with Crippen molar-refractivity contribution in [3.8, 4) is 11.5 Å². The van der Waals surface area contributed by atoms with Crippen LogP contribution < -0.4 is 19.7 Å². The zero-order chi connectivity index (χ0) is 25.9. The maximum atomic E-state index is 12.7. The Morgan fingerprint density at radius 2 is 1.53 bits per heavy atom. The molecule has 1 atom stereocenters. The van der Waals surface area contributed by atoms with E-state index in [0.717, 1.165) is 40.4 Å². The van der Waals surface area contributed by atoms with E-state index in [1.165, 1.54) is 0 Å². The van der Waals surface area contributed by atoms with Gasteiger partial charge in [-0.25, -0.2) is 4.79 Å². The molecule has 0 spiro atoms. The molecule has 3 rings (SSSR count). The van der Waals surface area contributed by atoms with E-state index in [9.17, 15) is 4.79 Å². The smallest absolute Gasteiger partial charge is 0.407 e. The molecule has 0 fully saturated rings. The summed E-state index contributed by atoms with van der Waals surface area (Å²) in [6.45, 7) is 1.43. The molecule has 0 aliphatic heterocycles. The number of benzene rings is 3. The Morgan fingerprint density at radius 3 is 2.19 bits per heavy atom. The van der Waals surface area contributed by atoms with Crippen molar-refractivity contribution in [2.45, 2.75) is 25.6 Å². The Bertz CT molecular complexity index is 1100. The molecule has 0 heterocycles. The molecule has 0 aromatic heterocycles. The molecule has 3 aromatic rings. The number of alkyl carbamates (subject to hydrolysis) is 1. The highest BCUT2D eigenvalue weighted by atomic mass is 16.6. The highest BCUT2D eigenvalue weighted by Gasteiger charge is 2.17. The van der Waals surface area contributed by atoms with Gasteiger partial charge < -0.3 is 29.3 Å². The third kappa shape index (κ3) is 8.82. The third-order valence-electron chi connectivity index (χ3n) is 5.59. The predicted octanol–water partition coefficient (Wildman–Crippen LogP) is 4.74. The first-order chi connectivity index (χ1) is 17.3. The molecular formula is C29H37N3O4. The summed E-state index contributed by atoms with van der Waals surface area (Å²) in [4.78, 5) is 16.8. The van der Waals surface area contributed by atoms with Gasteiger partial charge in [0, 0.05) is 39.3 Å². The number of nitrogens with one attached hydrogen (secondary N) is 1. The van der Waals surface area contributed by atoms with Crippen LogP contribution in [-0.4, -0.2) is 59.0 Å². The number of nitrogens with zero attached hydrogens (tertiary/aromatic N) is 2. The zero-order valence-electron chi connectivity index (χ0n) is 21.9. The molecule has 3 aromatic carbocycles. The molecule has 0 aliphatic rings. The van der Waals surface area contributed by atoms with Crippen molar-refractivity contribution in [1.82, 2.24) is 10.2 Å². The number of rotatable bonds is 12. The number of ether oxygens (including phenoxy) is 3. The maximum absolute atomic E-state index is 12.7. The number of carbonyl (C=O) groups excluding carboxylic acids is 1. The molecule has 0 radical (unpaired) electrons. The van der Waals surface area contributed by atoms with Crippen LogP contribution in [0.2, 0.25) is 0 Å². The van der Waals surface area contributed by atoms with E-state index in [0.29, 0.717) is 13.0 Å². The molecule has 1 amide bonds. The van der Waals surface area contributed by atoms with Crippen LogP contribution >= 0.6 is 0 Å². The number of hydrogen-bond donors (Lipinski definition) is 1. The number of anilines is 1.